The number of benzene rings is 2. The van der Waals surface area contributed by atoms with E-state index in [2.05, 4.69) is 20.6 Å². The predicted octanol–water partition coefficient (Wildman–Crippen LogP) is 1.95. The van der Waals surface area contributed by atoms with Crippen LogP contribution in [0.15, 0.2) is 53.6 Å². The summed E-state index contributed by atoms with van der Waals surface area (Å²) < 4.78 is 0. The van der Waals surface area contributed by atoms with Crippen molar-refractivity contribution in [1.82, 2.24) is 15.3 Å². The van der Waals surface area contributed by atoms with Gasteiger partial charge in [-0.05, 0) is 11.6 Å². The van der Waals surface area contributed by atoms with Crippen molar-refractivity contribution < 1.29 is 9.72 Å². The van der Waals surface area contributed by atoms with E-state index in [4.69, 9.17) is 0 Å². The number of nitro groups is 1. The molecular formula is C18H17N5O4. The molecule has 0 aliphatic rings. The van der Waals surface area contributed by atoms with Crippen LogP contribution in [0.4, 0.5) is 11.4 Å². The number of hydrogen-bond donors (Lipinski definition) is 3. The SMILES string of the molecule is O=C(CCNc1cc2nc[nH]c(=O)c2cc1[N+](=O)[O-])NCc1ccccc1. The minimum atomic E-state index is -0.580. The van der Waals surface area contributed by atoms with E-state index < -0.39 is 10.5 Å². The fourth-order valence-corrected chi connectivity index (χ4v) is 2.59. The summed E-state index contributed by atoms with van der Waals surface area (Å²) in [4.78, 5) is 40.8. The van der Waals surface area contributed by atoms with Gasteiger partial charge in [0.1, 0.15) is 5.69 Å². The van der Waals surface area contributed by atoms with Crippen molar-refractivity contribution in [2.45, 2.75) is 13.0 Å². The van der Waals surface area contributed by atoms with Crippen molar-refractivity contribution in [3.8, 4) is 0 Å². The molecule has 9 heteroatoms. The fraction of sp³-hybridized carbons (Fsp3) is 0.167. The molecule has 3 rings (SSSR count). The lowest BCUT2D eigenvalue weighted by Crippen LogP contribution is -2.25. The first-order valence-corrected chi connectivity index (χ1v) is 8.25. The quantitative estimate of drug-likeness (QED) is 0.432. The van der Waals surface area contributed by atoms with Gasteiger partial charge in [-0.25, -0.2) is 4.98 Å². The summed E-state index contributed by atoms with van der Waals surface area (Å²) in [5.74, 6) is -0.177. The van der Waals surface area contributed by atoms with Gasteiger partial charge in [-0.15, -0.1) is 0 Å². The molecule has 3 aromatic rings. The molecule has 2 aromatic carbocycles. The highest BCUT2D eigenvalue weighted by molar-refractivity contribution is 5.86. The Morgan fingerprint density at radius 1 is 1.22 bits per heavy atom. The van der Waals surface area contributed by atoms with Gasteiger partial charge >= 0.3 is 0 Å². The molecule has 0 unspecified atom stereocenters. The molecule has 0 radical (unpaired) electrons. The van der Waals surface area contributed by atoms with Crippen molar-refractivity contribution in [2.24, 2.45) is 0 Å². The van der Waals surface area contributed by atoms with Crippen LogP contribution in [0.1, 0.15) is 12.0 Å². The minimum absolute atomic E-state index is 0.135. The van der Waals surface area contributed by atoms with Gasteiger partial charge in [0.2, 0.25) is 5.91 Å². The minimum Gasteiger partial charge on any atom is -0.379 e. The van der Waals surface area contributed by atoms with Gasteiger partial charge in [0, 0.05) is 25.6 Å². The first kappa shape index (κ1) is 18.1. The lowest BCUT2D eigenvalue weighted by Gasteiger charge is -2.09. The Morgan fingerprint density at radius 3 is 2.74 bits per heavy atom. The molecule has 1 heterocycles. The largest absolute Gasteiger partial charge is 0.379 e. The summed E-state index contributed by atoms with van der Waals surface area (Å²) in [6.45, 7) is 0.624. The molecule has 1 amide bonds. The van der Waals surface area contributed by atoms with Crippen LogP contribution >= 0.6 is 0 Å². The Bertz CT molecular complexity index is 1030. The maximum absolute atomic E-state index is 11.9. The summed E-state index contributed by atoms with van der Waals surface area (Å²) >= 11 is 0. The van der Waals surface area contributed by atoms with Crippen LogP contribution in [-0.4, -0.2) is 27.3 Å². The van der Waals surface area contributed by atoms with Crippen LogP contribution in [0.3, 0.4) is 0 Å². The molecule has 27 heavy (non-hydrogen) atoms. The van der Waals surface area contributed by atoms with E-state index in [0.717, 1.165) is 5.56 Å². The van der Waals surface area contributed by atoms with Crippen LogP contribution < -0.4 is 16.2 Å². The molecule has 0 saturated carbocycles. The maximum atomic E-state index is 11.9. The van der Waals surface area contributed by atoms with E-state index in [1.165, 1.54) is 18.5 Å². The van der Waals surface area contributed by atoms with Crippen molar-refractivity contribution in [3.63, 3.8) is 0 Å². The number of aromatic amines is 1. The second-order valence-corrected chi connectivity index (χ2v) is 5.81. The number of nitrogens with one attached hydrogen (secondary N) is 3. The Kier molecular flexibility index (Phi) is 5.41. The van der Waals surface area contributed by atoms with Crippen LogP contribution in [0, 0.1) is 10.1 Å². The van der Waals surface area contributed by atoms with Crippen molar-refractivity contribution >= 4 is 28.2 Å². The van der Waals surface area contributed by atoms with Gasteiger partial charge in [0.25, 0.3) is 11.2 Å². The Balaban J connectivity index is 1.64. The smallest absolute Gasteiger partial charge is 0.293 e. The molecule has 0 spiro atoms. The zero-order valence-corrected chi connectivity index (χ0v) is 14.3. The average molecular weight is 367 g/mol. The zero-order chi connectivity index (χ0) is 19.2. The number of aromatic nitrogens is 2. The van der Waals surface area contributed by atoms with Gasteiger partial charge in [0.15, 0.2) is 0 Å². The third-order valence-corrected chi connectivity index (χ3v) is 3.95. The van der Waals surface area contributed by atoms with E-state index in [1.807, 2.05) is 30.3 Å². The highest BCUT2D eigenvalue weighted by atomic mass is 16.6. The highest BCUT2D eigenvalue weighted by Gasteiger charge is 2.17. The predicted molar refractivity (Wildman–Crippen MR) is 100 cm³/mol. The highest BCUT2D eigenvalue weighted by Crippen LogP contribution is 2.27. The van der Waals surface area contributed by atoms with Crippen LogP contribution in [0.25, 0.3) is 10.9 Å². The van der Waals surface area contributed by atoms with Crippen LogP contribution in [0.5, 0.6) is 0 Å². The lowest BCUT2D eigenvalue weighted by molar-refractivity contribution is -0.383. The number of hydrogen-bond acceptors (Lipinski definition) is 6. The molecule has 0 saturated heterocycles. The topological polar surface area (TPSA) is 130 Å². The zero-order valence-electron chi connectivity index (χ0n) is 14.3. The van der Waals surface area contributed by atoms with E-state index in [9.17, 15) is 19.7 Å². The third-order valence-electron chi connectivity index (χ3n) is 3.95. The lowest BCUT2D eigenvalue weighted by atomic mass is 10.2. The van der Waals surface area contributed by atoms with Gasteiger partial charge in [-0.1, -0.05) is 30.3 Å². The second-order valence-electron chi connectivity index (χ2n) is 5.81. The molecule has 138 valence electrons. The van der Waals surface area contributed by atoms with Crippen molar-refractivity contribution in [3.05, 3.63) is 74.8 Å². The first-order chi connectivity index (χ1) is 13.0. The number of anilines is 1. The molecule has 9 nitrogen and oxygen atoms in total. The Hall–Kier alpha value is -3.75. The molecule has 0 atom stereocenters. The van der Waals surface area contributed by atoms with Gasteiger partial charge in [0.05, 0.1) is 22.2 Å². The van der Waals surface area contributed by atoms with E-state index >= 15 is 0 Å². The fourth-order valence-electron chi connectivity index (χ4n) is 2.59. The summed E-state index contributed by atoms with van der Waals surface area (Å²) in [6.07, 6.45) is 1.38. The summed E-state index contributed by atoms with van der Waals surface area (Å²) in [6, 6.07) is 12.1. The number of H-pyrrole nitrogens is 1. The molecule has 0 aliphatic heterocycles. The normalized spacial score (nSPS) is 10.5. The van der Waals surface area contributed by atoms with E-state index in [0.29, 0.717) is 12.1 Å². The number of rotatable bonds is 7. The summed E-state index contributed by atoms with van der Waals surface area (Å²) in [7, 11) is 0. The summed E-state index contributed by atoms with van der Waals surface area (Å²) in [5.41, 5.74) is 0.836. The molecular weight excluding hydrogens is 350 g/mol. The Morgan fingerprint density at radius 2 is 2.00 bits per heavy atom. The molecule has 3 N–H and O–H groups in total. The van der Waals surface area contributed by atoms with Gasteiger partial charge < -0.3 is 15.6 Å². The van der Waals surface area contributed by atoms with Gasteiger partial charge in [-0.2, -0.15) is 0 Å². The maximum Gasteiger partial charge on any atom is 0.293 e. The second kappa shape index (κ2) is 8.09. The monoisotopic (exact) mass is 367 g/mol. The van der Waals surface area contributed by atoms with Gasteiger partial charge in [-0.3, -0.25) is 19.7 Å². The molecule has 0 fully saturated rings. The van der Waals surface area contributed by atoms with E-state index in [-0.39, 0.29) is 35.6 Å². The number of carbonyl (C=O) groups excluding carboxylic acids is 1. The number of nitrogens with zero attached hydrogens (tertiary/aromatic N) is 2. The molecule has 0 aliphatic carbocycles. The molecule has 1 aromatic heterocycles. The van der Waals surface area contributed by atoms with Crippen LogP contribution in [-0.2, 0) is 11.3 Å². The van der Waals surface area contributed by atoms with Crippen LogP contribution in [0.2, 0.25) is 0 Å². The standard InChI is InChI=1S/C18H17N5O4/c24-17(20-10-12-4-2-1-3-5-12)6-7-19-15-9-14-13(8-16(15)23(26)27)18(25)22-11-21-14/h1-5,8-9,11,19H,6-7,10H2,(H,20,24)(H,21,22,25). The summed E-state index contributed by atoms with van der Waals surface area (Å²) in [5, 5.41) is 17.1. The molecule has 0 bridgehead atoms. The van der Waals surface area contributed by atoms with E-state index in [1.54, 1.807) is 0 Å². The number of carbonyl (C=O) groups is 1. The van der Waals surface area contributed by atoms with Crippen molar-refractivity contribution in [1.29, 1.82) is 0 Å². The van der Waals surface area contributed by atoms with Crippen molar-refractivity contribution in [2.75, 3.05) is 11.9 Å². The number of fused-ring (bicyclic) bond motifs is 1. The first-order valence-electron chi connectivity index (χ1n) is 8.25. The third kappa shape index (κ3) is 4.46. The number of amides is 1. The number of nitro benzene ring substituents is 1. The average Bonchev–Trinajstić information content (AvgIpc) is 2.67. The Labute approximate surface area is 153 Å².